The number of ether oxygens (including phenoxy) is 3. The van der Waals surface area contributed by atoms with Gasteiger partial charge in [0.1, 0.15) is 11.4 Å². The lowest BCUT2D eigenvalue weighted by Gasteiger charge is -2.37. The van der Waals surface area contributed by atoms with Crippen LogP contribution in [0.1, 0.15) is 55.5 Å². The zero-order valence-corrected chi connectivity index (χ0v) is 19.2. The summed E-state index contributed by atoms with van der Waals surface area (Å²) in [6, 6.07) is 11.2. The summed E-state index contributed by atoms with van der Waals surface area (Å²) < 4.78 is 17.7. The first-order valence-corrected chi connectivity index (χ1v) is 11.7. The molecule has 0 aromatic heterocycles. The van der Waals surface area contributed by atoms with E-state index >= 15 is 0 Å². The summed E-state index contributed by atoms with van der Waals surface area (Å²) in [6.45, 7) is 5.26. The van der Waals surface area contributed by atoms with Crippen molar-refractivity contribution in [2.45, 2.75) is 57.6 Å². The Morgan fingerprint density at radius 3 is 2.97 bits per heavy atom. The molecule has 3 aliphatic heterocycles. The van der Waals surface area contributed by atoms with Crippen molar-refractivity contribution in [3.63, 3.8) is 0 Å². The predicted octanol–water partition coefficient (Wildman–Crippen LogP) is 4.19. The van der Waals surface area contributed by atoms with Crippen LogP contribution in [0.3, 0.4) is 0 Å². The van der Waals surface area contributed by atoms with E-state index in [0.29, 0.717) is 35.1 Å². The second-order valence-electron chi connectivity index (χ2n) is 9.62. The molecule has 1 saturated heterocycles. The molecule has 0 unspecified atom stereocenters. The third-order valence-electron chi connectivity index (χ3n) is 6.50. The highest BCUT2D eigenvalue weighted by Gasteiger charge is 2.33. The first-order valence-electron chi connectivity index (χ1n) is 11.7. The van der Waals surface area contributed by atoms with Crippen molar-refractivity contribution in [2.75, 3.05) is 25.1 Å². The fourth-order valence-corrected chi connectivity index (χ4v) is 4.97. The van der Waals surface area contributed by atoms with E-state index in [-0.39, 0.29) is 30.1 Å². The number of carbonyl (C=O) groups is 2. The molecule has 33 heavy (non-hydrogen) atoms. The van der Waals surface area contributed by atoms with Crippen LogP contribution in [0.25, 0.3) is 0 Å². The maximum atomic E-state index is 13.2. The Morgan fingerprint density at radius 2 is 2.09 bits per heavy atom. The molecule has 0 radical (unpaired) electrons. The molecular formula is C26H30N2O5. The standard InChI is InChI=1S/C26H30N2O5/c1-26(2)15-17-6-5-8-22(24(17)33-26)32-16-23(29)27-18-9-10-21-20(14-18)25(30)28-12-4-3-7-19(28)11-13-31-21/h5-6,8-10,14,19H,3-4,7,11-13,15-16H2,1-2H3,(H,27,29)/t19-/m1/s1. The highest BCUT2D eigenvalue weighted by atomic mass is 16.5. The maximum absolute atomic E-state index is 13.2. The number of anilines is 1. The van der Waals surface area contributed by atoms with Gasteiger partial charge in [0.05, 0.1) is 12.2 Å². The van der Waals surface area contributed by atoms with Crippen LogP contribution in [-0.2, 0) is 11.2 Å². The third kappa shape index (κ3) is 4.49. The smallest absolute Gasteiger partial charge is 0.262 e. The minimum atomic E-state index is -0.306. The highest BCUT2D eigenvalue weighted by molar-refractivity contribution is 6.00. The minimum Gasteiger partial charge on any atom is -0.493 e. The Labute approximate surface area is 194 Å². The Balaban J connectivity index is 1.27. The van der Waals surface area contributed by atoms with Gasteiger partial charge in [-0.2, -0.15) is 0 Å². The van der Waals surface area contributed by atoms with Crippen molar-refractivity contribution in [3.05, 3.63) is 47.5 Å². The lowest BCUT2D eigenvalue weighted by Crippen LogP contribution is -2.45. The van der Waals surface area contributed by atoms with E-state index in [1.54, 1.807) is 18.2 Å². The van der Waals surface area contributed by atoms with Crippen molar-refractivity contribution in [2.24, 2.45) is 0 Å². The molecule has 3 heterocycles. The third-order valence-corrected chi connectivity index (χ3v) is 6.50. The molecule has 5 rings (SSSR count). The Bertz CT molecular complexity index is 1080. The van der Waals surface area contributed by atoms with E-state index in [0.717, 1.165) is 44.2 Å². The molecule has 0 aliphatic carbocycles. The molecule has 0 saturated carbocycles. The van der Waals surface area contributed by atoms with Gasteiger partial charge in [0.25, 0.3) is 11.8 Å². The lowest BCUT2D eigenvalue weighted by molar-refractivity contribution is -0.118. The average molecular weight is 451 g/mol. The number of amides is 2. The molecule has 1 fully saturated rings. The van der Waals surface area contributed by atoms with Gasteiger partial charge in [0.2, 0.25) is 0 Å². The molecule has 174 valence electrons. The van der Waals surface area contributed by atoms with Gasteiger partial charge in [0, 0.05) is 36.7 Å². The summed E-state index contributed by atoms with van der Waals surface area (Å²) in [4.78, 5) is 27.8. The van der Waals surface area contributed by atoms with Gasteiger partial charge < -0.3 is 24.4 Å². The number of carbonyl (C=O) groups excluding carboxylic acids is 2. The van der Waals surface area contributed by atoms with Gasteiger partial charge in [-0.05, 0) is 57.4 Å². The average Bonchev–Trinajstić information content (AvgIpc) is 3.11. The van der Waals surface area contributed by atoms with Crippen molar-refractivity contribution in [3.8, 4) is 17.2 Å². The summed E-state index contributed by atoms with van der Waals surface area (Å²) in [6.07, 6.45) is 4.84. The lowest BCUT2D eigenvalue weighted by atomic mass is 9.97. The Hall–Kier alpha value is -3.22. The normalized spacial score (nSPS) is 20.8. The Kier molecular flexibility index (Phi) is 5.64. The fraction of sp³-hybridized carbons (Fsp3) is 0.462. The van der Waals surface area contributed by atoms with Crippen LogP contribution in [0.4, 0.5) is 5.69 Å². The summed E-state index contributed by atoms with van der Waals surface area (Å²) in [5, 5.41) is 2.84. The number of nitrogens with one attached hydrogen (secondary N) is 1. The fourth-order valence-electron chi connectivity index (χ4n) is 4.97. The second kappa shape index (κ2) is 8.61. The molecule has 2 amide bonds. The van der Waals surface area contributed by atoms with E-state index in [9.17, 15) is 9.59 Å². The molecule has 2 aromatic carbocycles. The summed E-state index contributed by atoms with van der Waals surface area (Å²) in [5.41, 5.74) is 1.84. The number of rotatable bonds is 4. The summed E-state index contributed by atoms with van der Waals surface area (Å²) in [7, 11) is 0. The van der Waals surface area contributed by atoms with Crippen molar-refractivity contribution in [1.82, 2.24) is 4.90 Å². The van der Waals surface area contributed by atoms with Crippen molar-refractivity contribution in [1.29, 1.82) is 0 Å². The van der Waals surface area contributed by atoms with Crippen molar-refractivity contribution < 1.29 is 23.8 Å². The van der Waals surface area contributed by atoms with E-state index in [1.807, 2.05) is 36.9 Å². The predicted molar refractivity (Wildman–Crippen MR) is 124 cm³/mol. The zero-order chi connectivity index (χ0) is 23.0. The van der Waals surface area contributed by atoms with Crippen LogP contribution in [0.5, 0.6) is 17.2 Å². The molecule has 0 spiro atoms. The SMILES string of the molecule is CC1(C)Cc2cccc(OCC(=O)Nc3ccc4c(c3)C(=O)N3CCCC[C@@H]3CCO4)c2O1. The number of fused-ring (bicyclic) bond motifs is 3. The van der Waals surface area contributed by atoms with E-state index in [1.165, 1.54) is 0 Å². The first-order chi connectivity index (χ1) is 15.9. The van der Waals surface area contributed by atoms with Gasteiger partial charge >= 0.3 is 0 Å². The summed E-state index contributed by atoms with van der Waals surface area (Å²) in [5.74, 6) is 1.50. The highest BCUT2D eigenvalue weighted by Crippen LogP contribution is 2.41. The maximum Gasteiger partial charge on any atom is 0.262 e. The second-order valence-corrected chi connectivity index (χ2v) is 9.62. The molecule has 7 heteroatoms. The van der Waals surface area contributed by atoms with Crippen LogP contribution in [0.15, 0.2) is 36.4 Å². The Morgan fingerprint density at radius 1 is 1.21 bits per heavy atom. The monoisotopic (exact) mass is 450 g/mol. The van der Waals surface area contributed by atoms with Crippen LogP contribution >= 0.6 is 0 Å². The van der Waals surface area contributed by atoms with E-state index in [4.69, 9.17) is 14.2 Å². The molecule has 3 aliphatic rings. The molecule has 1 N–H and O–H groups in total. The van der Waals surface area contributed by atoms with E-state index in [2.05, 4.69) is 5.32 Å². The number of para-hydroxylation sites is 1. The molecular weight excluding hydrogens is 420 g/mol. The number of benzene rings is 2. The largest absolute Gasteiger partial charge is 0.493 e. The number of hydrogen-bond donors (Lipinski definition) is 1. The van der Waals surface area contributed by atoms with Gasteiger partial charge in [-0.15, -0.1) is 0 Å². The van der Waals surface area contributed by atoms with Crippen LogP contribution in [-0.4, -0.2) is 48.1 Å². The molecule has 2 aromatic rings. The minimum absolute atomic E-state index is 0.0265. The number of hydrogen-bond acceptors (Lipinski definition) is 5. The van der Waals surface area contributed by atoms with Gasteiger partial charge in [-0.25, -0.2) is 0 Å². The van der Waals surface area contributed by atoms with Crippen LogP contribution < -0.4 is 19.5 Å². The number of piperidine rings is 1. The van der Waals surface area contributed by atoms with Gasteiger partial charge in [0.15, 0.2) is 18.1 Å². The summed E-state index contributed by atoms with van der Waals surface area (Å²) >= 11 is 0. The molecule has 7 nitrogen and oxygen atoms in total. The van der Waals surface area contributed by atoms with Gasteiger partial charge in [-0.3, -0.25) is 9.59 Å². The van der Waals surface area contributed by atoms with Crippen LogP contribution in [0, 0.1) is 0 Å². The molecule has 0 bridgehead atoms. The van der Waals surface area contributed by atoms with Crippen molar-refractivity contribution >= 4 is 17.5 Å². The van der Waals surface area contributed by atoms with Crippen LogP contribution in [0.2, 0.25) is 0 Å². The number of nitrogens with zero attached hydrogens (tertiary/aromatic N) is 1. The topological polar surface area (TPSA) is 77.1 Å². The van der Waals surface area contributed by atoms with Gasteiger partial charge in [-0.1, -0.05) is 12.1 Å². The van der Waals surface area contributed by atoms with E-state index < -0.39 is 0 Å². The first kappa shape index (κ1) is 21.6. The molecule has 1 atom stereocenters. The quantitative estimate of drug-likeness (QED) is 0.756. The zero-order valence-electron chi connectivity index (χ0n) is 19.2.